The summed E-state index contributed by atoms with van der Waals surface area (Å²) in [7, 11) is -3.79. The fourth-order valence-corrected chi connectivity index (χ4v) is 2.71. The molecule has 0 amide bonds. The standard InChI is InChI=1S/C14H15FN2O3S/c1-2-20-14-6-5-12(8-13(14)15)21(18,19)17-10-11-4-3-7-16-9-11/h3-9,17H,2,10H2,1H3. The predicted molar refractivity (Wildman–Crippen MR) is 75.8 cm³/mol. The Balaban J connectivity index is 2.14. The van der Waals surface area contributed by atoms with Gasteiger partial charge in [-0.3, -0.25) is 4.98 Å². The minimum absolute atomic E-state index is 0.0312. The van der Waals surface area contributed by atoms with Crippen LogP contribution in [0.2, 0.25) is 0 Å². The van der Waals surface area contributed by atoms with E-state index in [4.69, 9.17) is 4.74 Å². The fraction of sp³-hybridized carbons (Fsp3) is 0.214. The van der Waals surface area contributed by atoms with E-state index in [1.165, 1.54) is 12.1 Å². The topological polar surface area (TPSA) is 68.3 Å². The number of ether oxygens (including phenoxy) is 1. The number of benzene rings is 1. The molecular weight excluding hydrogens is 295 g/mol. The Bertz CT molecular complexity index is 705. The molecule has 1 aromatic carbocycles. The molecule has 0 fully saturated rings. The number of halogens is 1. The van der Waals surface area contributed by atoms with Crippen LogP contribution in [0.25, 0.3) is 0 Å². The zero-order valence-electron chi connectivity index (χ0n) is 11.4. The maximum Gasteiger partial charge on any atom is 0.240 e. The molecule has 5 nitrogen and oxygen atoms in total. The number of nitrogens with zero attached hydrogens (tertiary/aromatic N) is 1. The SMILES string of the molecule is CCOc1ccc(S(=O)(=O)NCc2cccnc2)cc1F. The molecule has 7 heteroatoms. The summed E-state index contributed by atoms with van der Waals surface area (Å²) in [5.41, 5.74) is 0.715. The number of sulfonamides is 1. The van der Waals surface area contributed by atoms with Crippen LogP contribution in [0.1, 0.15) is 12.5 Å². The van der Waals surface area contributed by atoms with Crippen LogP contribution in [0.15, 0.2) is 47.6 Å². The molecule has 0 unspecified atom stereocenters. The van der Waals surface area contributed by atoms with Crippen LogP contribution in [0.4, 0.5) is 4.39 Å². The number of rotatable bonds is 6. The highest BCUT2D eigenvalue weighted by Crippen LogP contribution is 2.21. The number of hydrogen-bond acceptors (Lipinski definition) is 4. The van der Waals surface area contributed by atoms with E-state index in [2.05, 4.69) is 9.71 Å². The molecule has 112 valence electrons. The lowest BCUT2D eigenvalue weighted by molar-refractivity contribution is 0.321. The first-order valence-electron chi connectivity index (χ1n) is 6.34. The lowest BCUT2D eigenvalue weighted by atomic mass is 10.3. The van der Waals surface area contributed by atoms with Crippen molar-refractivity contribution in [3.63, 3.8) is 0 Å². The Morgan fingerprint density at radius 1 is 1.33 bits per heavy atom. The summed E-state index contributed by atoms with van der Waals surface area (Å²) < 4.78 is 45.3. The van der Waals surface area contributed by atoms with Crippen molar-refractivity contribution in [2.45, 2.75) is 18.4 Å². The summed E-state index contributed by atoms with van der Waals surface area (Å²) in [5.74, 6) is -0.676. The molecule has 0 saturated heterocycles. The molecule has 0 spiro atoms. The maximum absolute atomic E-state index is 13.7. The summed E-state index contributed by atoms with van der Waals surface area (Å²) in [6.45, 7) is 2.12. The molecule has 1 N–H and O–H groups in total. The van der Waals surface area contributed by atoms with Crippen molar-refractivity contribution in [2.24, 2.45) is 0 Å². The number of pyridine rings is 1. The third-order valence-electron chi connectivity index (χ3n) is 2.70. The molecule has 0 atom stereocenters. The smallest absolute Gasteiger partial charge is 0.240 e. The van der Waals surface area contributed by atoms with Gasteiger partial charge < -0.3 is 4.74 Å². The molecule has 2 rings (SSSR count). The van der Waals surface area contributed by atoms with E-state index < -0.39 is 15.8 Å². The van der Waals surface area contributed by atoms with Gasteiger partial charge in [0, 0.05) is 18.9 Å². The zero-order valence-corrected chi connectivity index (χ0v) is 12.2. The summed E-state index contributed by atoms with van der Waals surface area (Å²) in [5, 5.41) is 0. The molecule has 0 aliphatic carbocycles. The normalized spacial score (nSPS) is 11.3. The van der Waals surface area contributed by atoms with E-state index in [-0.39, 0.29) is 17.2 Å². The maximum atomic E-state index is 13.7. The van der Waals surface area contributed by atoms with Gasteiger partial charge in [-0.25, -0.2) is 17.5 Å². The van der Waals surface area contributed by atoms with Gasteiger partial charge in [0.1, 0.15) is 0 Å². The quantitative estimate of drug-likeness (QED) is 0.887. The van der Waals surface area contributed by atoms with Gasteiger partial charge in [-0.15, -0.1) is 0 Å². The third kappa shape index (κ3) is 3.99. The molecule has 1 aromatic heterocycles. The molecule has 2 aromatic rings. The van der Waals surface area contributed by atoms with Crippen LogP contribution in [-0.4, -0.2) is 20.0 Å². The molecule has 0 bridgehead atoms. The lowest BCUT2D eigenvalue weighted by Crippen LogP contribution is -2.23. The van der Waals surface area contributed by atoms with Crippen molar-refractivity contribution >= 4 is 10.0 Å². The zero-order chi connectivity index (χ0) is 15.3. The molecule has 0 saturated carbocycles. The Labute approximate surface area is 122 Å². The molecule has 21 heavy (non-hydrogen) atoms. The van der Waals surface area contributed by atoms with Crippen molar-refractivity contribution in [1.29, 1.82) is 0 Å². The second-order valence-electron chi connectivity index (χ2n) is 4.21. The van der Waals surface area contributed by atoms with Crippen molar-refractivity contribution in [1.82, 2.24) is 9.71 Å². The van der Waals surface area contributed by atoms with E-state index in [1.54, 1.807) is 31.5 Å². The van der Waals surface area contributed by atoms with Gasteiger partial charge >= 0.3 is 0 Å². The second kappa shape index (κ2) is 6.64. The highest BCUT2D eigenvalue weighted by molar-refractivity contribution is 7.89. The molecular formula is C14H15FN2O3S. The Morgan fingerprint density at radius 2 is 2.14 bits per heavy atom. The first kappa shape index (κ1) is 15.4. The van der Waals surface area contributed by atoms with Crippen LogP contribution in [-0.2, 0) is 16.6 Å². The second-order valence-corrected chi connectivity index (χ2v) is 5.98. The Hall–Kier alpha value is -1.99. The van der Waals surface area contributed by atoms with Gasteiger partial charge in [0.15, 0.2) is 11.6 Å². The Kier molecular flexibility index (Phi) is 4.87. The third-order valence-corrected chi connectivity index (χ3v) is 4.10. The molecule has 0 aliphatic heterocycles. The monoisotopic (exact) mass is 310 g/mol. The average Bonchev–Trinajstić information content (AvgIpc) is 2.48. The van der Waals surface area contributed by atoms with Crippen molar-refractivity contribution < 1.29 is 17.5 Å². The van der Waals surface area contributed by atoms with Gasteiger partial charge in [-0.05, 0) is 36.8 Å². The molecule has 0 radical (unpaired) electrons. The van der Waals surface area contributed by atoms with Crippen LogP contribution in [0, 0.1) is 5.82 Å². The van der Waals surface area contributed by atoms with Crippen LogP contribution >= 0.6 is 0 Å². The van der Waals surface area contributed by atoms with Gasteiger partial charge in [-0.1, -0.05) is 6.07 Å². The van der Waals surface area contributed by atoms with Gasteiger partial charge in [0.2, 0.25) is 10.0 Å². The minimum atomic E-state index is -3.79. The summed E-state index contributed by atoms with van der Waals surface area (Å²) >= 11 is 0. The molecule has 1 heterocycles. The van der Waals surface area contributed by atoms with Crippen molar-refractivity contribution in [3.8, 4) is 5.75 Å². The highest BCUT2D eigenvalue weighted by Gasteiger charge is 2.16. The van der Waals surface area contributed by atoms with Crippen molar-refractivity contribution in [3.05, 3.63) is 54.1 Å². The lowest BCUT2D eigenvalue weighted by Gasteiger charge is -2.09. The van der Waals surface area contributed by atoms with Crippen LogP contribution < -0.4 is 9.46 Å². The first-order chi connectivity index (χ1) is 10.0. The van der Waals surface area contributed by atoms with Gasteiger partial charge in [-0.2, -0.15) is 0 Å². The fourth-order valence-electron chi connectivity index (χ4n) is 1.69. The first-order valence-corrected chi connectivity index (χ1v) is 7.82. The van der Waals surface area contributed by atoms with E-state index in [0.29, 0.717) is 12.2 Å². The average molecular weight is 310 g/mol. The van der Waals surface area contributed by atoms with Gasteiger partial charge in [0.05, 0.1) is 11.5 Å². The van der Waals surface area contributed by atoms with Gasteiger partial charge in [0.25, 0.3) is 0 Å². The highest BCUT2D eigenvalue weighted by atomic mass is 32.2. The Morgan fingerprint density at radius 3 is 2.76 bits per heavy atom. The summed E-state index contributed by atoms with van der Waals surface area (Å²) in [6, 6.07) is 7.00. The van der Waals surface area contributed by atoms with E-state index >= 15 is 0 Å². The van der Waals surface area contributed by atoms with Crippen LogP contribution in [0.5, 0.6) is 5.75 Å². The van der Waals surface area contributed by atoms with E-state index in [0.717, 1.165) is 6.07 Å². The minimum Gasteiger partial charge on any atom is -0.491 e. The summed E-state index contributed by atoms with van der Waals surface area (Å²) in [6.07, 6.45) is 3.15. The van der Waals surface area contributed by atoms with Crippen molar-refractivity contribution in [2.75, 3.05) is 6.61 Å². The number of nitrogens with one attached hydrogen (secondary N) is 1. The number of aromatic nitrogens is 1. The predicted octanol–water partition coefficient (Wildman–Crippen LogP) is 2.10. The summed E-state index contributed by atoms with van der Waals surface area (Å²) in [4.78, 5) is 3.75. The number of hydrogen-bond donors (Lipinski definition) is 1. The largest absolute Gasteiger partial charge is 0.491 e. The van der Waals surface area contributed by atoms with E-state index in [9.17, 15) is 12.8 Å². The van der Waals surface area contributed by atoms with E-state index in [1.807, 2.05) is 0 Å². The molecule has 0 aliphatic rings. The van der Waals surface area contributed by atoms with Crippen LogP contribution in [0.3, 0.4) is 0 Å².